The van der Waals surface area contributed by atoms with E-state index in [-0.39, 0.29) is 12.3 Å². The van der Waals surface area contributed by atoms with Crippen molar-refractivity contribution in [2.45, 2.75) is 12.3 Å². The van der Waals surface area contributed by atoms with E-state index in [0.717, 1.165) is 5.56 Å². The van der Waals surface area contributed by atoms with Crippen LogP contribution in [0.3, 0.4) is 0 Å². The zero-order valence-corrected chi connectivity index (χ0v) is 9.42. The van der Waals surface area contributed by atoms with Crippen molar-refractivity contribution < 1.29 is 9.90 Å². The molecule has 0 saturated heterocycles. The lowest BCUT2D eigenvalue weighted by Crippen LogP contribution is -2.03. The average molecular weight is 245 g/mol. The smallest absolute Gasteiger partial charge is 0.304 e. The summed E-state index contributed by atoms with van der Waals surface area (Å²) in [6.07, 6.45) is 1.59. The minimum Gasteiger partial charge on any atom is -0.481 e. The van der Waals surface area contributed by atoms with Gasteiger partial charge in [-0.1, -0.05) is 35.3 Å². The van der Waals surface area contributed by atoms with Gasteiger partial charge in [-0.25, -0.2) is 0 Å². The molecule has 80 valence electrons. The Morgan fingerprint density at radius 3 is 2.60 bits per heavy atom. The van der Waals surface area contributed by atoms with E-state index < -0.39 is 5.97 Å². The van der Waals surface area contributed by atoms with Crippen LogP contribution in [0.25, 0.3) is 0 Å². The standard InChI is InChI=1S/C11H10Cl2O2/c1-2-7(6-11(14)15)8-3-4-9(12)10(13)5-8/h2-5,7H,1,6H2,(H,14,15)/t7-/m1/s1. The van der Waals surface area contributed by atoms with Gasteiger partial charge in [-0.3, -0.25) is 4.79 Å². The van der Waals surface area contributed by atoms with Crippen molar-refractivity contribution in [2.75, 3.05) is 0 Å². The van der Waals surface area contributed by atoms with Crippen LogP contribution in [0.1, 0.15) is 17.9 Å². The molecule has 0 bridgehead atoms. The average Bonchev–Trinajstić information content (AvgIpc) is 2.18. The first-order valence-electron chi connectivity index (χ1n) is 4.34. The highest BCUT2D eigenvalue weighted by atomic mass is 35.5. The predicted octanol–water partition coefficient (Wildman–Crippen LogP) is 3.74. The number of hydrogen-bond donors (Lipinski definition) is 1. The SMILES string of the molecule is C=C[C@H](CC(=O)O)c1ccc(Cl)c(Cl)c1. The van der Waals surface area contributed by atoms with Gasteiger partial charge in [0.2, 0.25) is 0 Å². The monoisotopic (exact) mass is 244 g/mol. The Hall–Kier alpha value is -0.990. The lowest BCUT2D eigenvalue weighted by atomic mass is 9.96. The molecular weight excluding hydrogens is 235 g/mol. The first kappa shape index (κ1) is 12.1. The molecule has 1 aromatic rings. The molecule has 1 N–H and O–H groups in total. The molecule has 0 aliphatic carbocycles. The van der Waals surface area contributed by atoms with Gasteiger partial charge in [-0.05, 0) is 17.7 Å². The van der Waals surface area contributed by atoms with E-state index in [1.165, 1.54) is 0 Å². The van der Waals surface area contributed by atoms with E-state index >= 15 is 0 Å². The second kappa shape index (κ2) is 5.19. The summed E-state index contributed by atoms with van der Waals surface area (Å²) in [5.41, 5.74) is 0.807. The molecule has 0 aliphatic heterocycles. The Kier molecular flexibility index (Phi) is 4.18. The van der Waals surface area contributed by atoms with E-state index in [9.17, 15) is 4.79 Å². The fraction of sp³-hybridized carbons (Fsp3) is 0.182. The molecule has 15 heavy (non-hydrogen) atoms. The third-order valence-electron chi connectivity index (χ3n) is 2.05. The number of allylic oxidation sites excluding steroid dienone is 1. The van der Waals surface area contributed by atoms with Crippen molar-refractivity contribution in [2.24, 2.45) is 0 Å². The van der Waals surface area contributed by atoms with Crippen molar-refractivity contribution in [3.05, 3.63) is 46.5 Å². The molecule has 1 rings (SSSR count). The number of rotatable bonds is 4. The maximum atomic E-state index is 10.6. The zero-order chi connectivity index (χ0) is 11.4. The maximum absolute atomic E-state index is 10.6. The van der Waals surface area contributed by atoms with Gasteiger partial charge in [0, 0.05) is 5.92 Å². The van der Waals surface area contributed by atoms with Crippen LogP contribution < -0.4 is 0 Å². The summed E-state index contributed by atoms with van der Waals surface area (Å²) in [6, 6.07) is 5.07. The molecule has 4 heteroatoms. The first-order valence-corrected chi connectivity index (χ1v) is 5.09. The quantitative estimate of drug-likeness (QED) is 0.820. The van der Waals surface area contributed by atoms with Gasteiger partial charge in [0.05, 0.1) is 16.5 Å². The van der Waals surface area contributed by atoms with E-state index in [2.05, 4.69) is 6.58 Å². The molecular formula is C11H10Cl2O2. The van der Waals surface area contributed by atoms with Crippen LogP contribution in [0.2, 0.25) is 10.0 Å². The highest BCUT2D eigenvalue weighted by Crippen LogP contribution is 2.28. The third-order valence-corrected chi connectivity index (χ3v) is 2.79. The second-order valence-electron chi connectivity index (χ2n) is 3.11. The van der Waals surface area contributed by atoms with E-state index in [0.29, 0.717) is 10.0 Å². The number of carboxylic acids is 1. The minimum absolute atomic E-state index is 0.00145. The lowest BCUT2D eigenvalue weighted by molar-refractivity contribution is -0.137. The van der Waals surface area contributed by atoms with Gasteiger partial charge in [0.1, 0.15) is 0 Å². The first-order chi connectivity index (χ1) is 7.04. The summed E-state index contributed by atoms with van der Waals surface area (Å²) in [4.78, 5) is 10.6. The van der Waals surface area contributed by atoms with Crippen LogP contribution >= 0.6 is 23.2 Å². The molecule has 1 atom stereocenters. The fourth-order valence-electron chi connectivity index (χ4n) is 1.27. The maximum Gasteiger partial charge on any atom is 0.304 e. The summed E-state index contributed by atoms with van der Waals surface area (Å²) >= 11 is 11.6. The number of carboxylic acid groups (broad SMARTS) is 1. The topological polar surface area (TPSA) is 37.3 Å². The van der Waals surface area contributed by atoms with Crippen molar-refractivity contribution in [1.82, 2.24) is 0 Å². The molecule has 2 nitrogen and oxygen atoms in total. The van der Waals surface area contributed by atoms with Gasteiger partial charge < -0.3 is 5.11 Å². The third kappa shape index (κ3) is 3.26. The number of hydrogen-bond acceptors (Lipinski definition) is 1. The Bertz CT molecular complexity index is 388. The summed E-state index contributed by atoms with van der Waals surface area (Å²) < 4.78 is 0. The highest BCUT2D eigenvalue weighted by Gasteiger charge is 2.12. The van der Waals surface area contributed by atoms with Crippen molar-refractivity contribution in [1.29, 1.82) is 0 Å². The van der Waals surface area contributed by atoms with Crippen molar-refractivity contribution in [3.63, 3.8) is 0 Å². The van der Waals surface area contributed by atoms with Crippen LogP contribution in [0.4, 0.5) is 0 Å². The number of aliphatic carboxylic acids is 1. The molecule has 1 aromatic carbocycles. The minimum atomic E-state index is -0.869. The molecule has 0 amide bonds. The zero-order valence-electron chi connectivity index (χ0n) is 7.91. The lowest BCUT2D eigenvalue weighted by Gasteiger charge is -2.10. The van der Waals surface area contributed by atoms with Crippen LogP contribution in [0.15, 0.2) is 30.9 Å². The van der Waals surface area contributed by atoms with Gasteiger partial charge in [0.15, 0.2) is 0 Å². The summed E-state index contributed by atoms with van der Waals surface area (Å²) in [6.45, 7) is 3.60. The summed E-state index contributed by atoms with van der Waals surface area (Å²) in [5.74, 6) is -1.11. The largest absolute Gasteiger partial charge is 0.481 e. The molecule has 0 aromatic heterocycles. The molecule has 0 radical (unpaired) electrons. The van der Waals surface area contributed by atoms with Crippen LogP contribution in [-0.4, -0.2) is 11.1 Å². The van der Waals surface area contributed by atoms with Gasteiger partial charge in [0.25, 0.3) is 0 Å². The predicted molar refractivity (Wildman–Crippen MR) is 61.7 cm³/mol. The second-order valence-corrected chi connectivity index (χ2v) is 3.93. The molecule has 0 spiro atoms. The molecule has 0 fully saturated rings. The molecule has 0 heterocycles. The molecule has 0 saturated carbocycles. The van der Waals surface area contributed by atoms with E-state index in [4.69, 9.17) is 28.3 Å². The Morgan fingerprint density at radius 2 is 2.13 bits per heavy atom. The Labute approximate surface area is 98.1 Å². The van der Waals surface area contributed by atoms with E-state index in [1.54, 1.807) is 24.3 Å². The summed E-state index contributed by atoms with van der Waals surface area (Å²) in [7, 11) is 0. The summed E-state index contributed by atoms with van der Waals surface area (Å²) in [5, 5.41) is 9.57. The van der Waals surface area contributed by atoms with Gasteiger partial charge in [-0.15, -0.1) is 6.58 Å². The van der Waals surface area contributed by atoms with Crippen LogP contribution in [-0.2, 0) is 4.79 Å². The van der Waals surface area contributed by atoms with Crippen molar-refractivity contribution in [3.8, 4) is 0 Å². The molecule has 0 aliphatic rings. The highest BCUT2D eigenvalue weighted by molar-refractivity contribution is 6.42. The van der Waals surface area contributed by atoms with Crippen LogP contribution in [0, 0.1) is 0 Å². The Balaban J connectivity index is 2.97. The fourth-order valence-corrected chi connectivity index (χ4v) is 1.57. The Morgan fingerprint density at radius 1 is 1.47 bits per heavy atom. The van der Waals surface area contributed by atoms with Crippen LogP contribution in [0.5, 0.6) is 0 Å². The van der Waals surface area contributed by atoms with E-state index in [1.807, 2.05) is 0 Å². The molecule has 0 unspecified atom stereocenters. The number of halogens is 2. The normalized spacial score (nSPS) is 12.1. The van der Waals surface area contributed by atoms with Gasteiger partial charge in [-0.2, -0.15) is 0 Å². The number of carbonyl (C=O) groups is 1. The number of benzene rings is 1. The van der Waals surface area contributed by atoms with Gasteiger partial charge >= 0.3 is 5.97 Å². The van der Waals surface area contributed by atoms with Crippen molar-refractivity contribution >= 4 is 29.2 Å².